The summed E-state index contributed by atoms with van der Waals surface area (Å²) in [5.41, 5.74) is 1.25. The van der Waals surface area contributed by atoms with Gasteiger partial charge >= 0.3 is 0 Å². The fourth-order valence-corrected chi connectivity index (χ4v) is 3.33. The van der Waals surface area contributed by atoms with Gasteiger partial charge in [0.15, 0.2) is 0 Å². The van der Waals surface area contributed by atoms with Crippen LogP contribution in [0.2, 0.25) is 0 Å². The zero-order chi connectivity index (χ0) is 14.7. The number of thioether (sulfide) groups is 1. The Balaban J connectivity index is 2.09. The number of nitrogens with zero attached hydrogens (tertiary/aromatic N) is 2. The summed E-state index contributed by atoms with van der Waals surface area (Å²) in [6.07, 6.45) is 4.46. The summed E-state index contributed by atoms with van der Waals surface area (Å²) < 4.78 is 0. The normalized spacial score (nSPS) is 22.0. The number of aromatic nitrogens is 2. The number of hydrogen-bond acceptors (Lipinski definition) is 5. The van der Waals surface area contributed by atoms with Gasteiger partial charge in [-0.05, 0) is 32.9 Å². The van der Waals surface area contributed by atoms with Gasteiger partial charge in [0.05, 0.1) is 17.4 Å². The molecule has 1 aromatic heterocycles. The van der Waals surface area contributed by atoms with Crippen LogP contribution in [0.5, 0.6) is 0 Å². The van der Waals surface area contributed by atoms with Gasteiger partial charge in [-0.1, -0.05) is 6.42 Å². The van der Waals surface area contributed by atoms with Gasteiger partial charge in [-0.2, -0.15) is 0 Å². The third kappa shape index (κ3) is 3.30. The quantitative estimate of drug-likeness (QED) is 0.653. The Bertz CT molecular complexity index is 507. The van der Waals surface area contributed by atoms with Crippen LogP contribution in [0.15, 0.2) is 5.03 Å². The standard InChI is InChI=1S/C14H21N3O2S/c1-8-12(14(20-3)17-9(2)16-8)13(19)15-7-10-5-4-6-11(10)18/h10-11,18H,4-7H2,1-3H3,(H,15,19). The highest BCUT2D eigenvalue weighted by Gasteiger charge is 2.26. The predicted molar refractivity (Wildman–Crippen MR) is 79.0 cm³/mol. The number of hydrogen-bond donors (Lipinski definition) is 2. The molecule has 0 spiro atoms. The summed E-state index contributed by atoms with van der Waals surface area (Å²) >= 11 is 1.45. The number of aliphatic hydroxyl groups excluding tert-OH is 1. The number of nitrogens with one attached hydrogen (secondary N) is 1. The molecule has 0 bridgehead atoms. The number of carbonyl (C=O) groups is 1. The van der Waals surface area contributed by atoms with E-state index >= 15 is 0 Å². The first-order valence-electron chi connectivity index (χ1n) is 6.88. The number of aliphatic hydroxyl groups is 1. The van der Waals surface area contributed by atoms with Crippen LogP contribution in [0.25, 0.3) is 0 Å². The Labute approximate surface area is 123 Å². The van der Waals surface area contributed by atoms with E-state index in [-0.39, 0.29) is 17.9 Å². The maximum absolute atomic E-state index is 12.3. The van der Waals surface area contributed by atoms with E-state index in [0.29, 0.717) is 28.7 Å². The Kier molecular flexibility index (Phi) is 4.99. The summed E-state index contributed by atoms with van der Waals surface area (Å²) in [5, 5.41) is 13.4. The Hall–Kier alpha value is -1.14. The van der Waals surface area contributed by atoms with Crippen molar-refractivity contribution < 1.29 is 9.90 Å². The highest BCUT2D eigenvalue weighted by atomic mass is 32.2. The van der Waals surface area contributed by atoms with Gasteiger partial charge in [-0.3, -0.25) is 4.79 Å². The fraction of sp³-hybridized carbons (Fsp3) is 0.643. The van der Waals surface area contributed by atoms with Crippen LogP contribution < -0.4 is 5.32 Å². The van der Waals surface area contributed by atoms with Crippen LogP contribution in [0.3, 0.4) is 0 Å². The minimum absolute atomic E-state index is 0.147. The van der Waals surface area contributed by atoms with Crippen molar-refractivity contribution >= 4 is 17.7 Å². The molecule has 0 aromatic carbocycles. The molecule has 2 N–H and O–H groups in total. The monoisotopic (exact) mass is 295 g/mol. The van der Waals surface area contributed by atoms with Gasteiger partial charge < -0.3 is 10.4 Å². The Morgan fingerprint density at radius 3 is 2.75 bits per heavy atom. The fourth-order valence-electron chi connectivity index (χ4n) is 2.66. The molecule has 20 heavy (non-hydrogen) atoms. The summed E-state index contributed by atoms with van der Waals surface area (Å²) in [4.78, 5) is 20.9. The molecule has 1 amide bonds. The largest absolute Gasteiger partial charge is 0.393 e. The summed E-state index contributed by atoms with van der Waals surface area (Å²) in [7, 11) is 0. The molecular formula is C14H21N3O2S. The predicted octanol–water partition coefficient (Wildman–Crippen LogP) is 1.71. The second-order valence-electron chi connectivity index (χ2n) is 5.21. The summed E-state index contributed by atoms with van der Waals surface area (Å²) in [6.45, 7) is 4.16. The van der Waals surface area contributed by atoms with Crippen LogP contribution in [-0.2, 0) is 0 Å². The van der Waals surface area contributed by atoms with Gasteiger partial charge in [0.25, 0.3) is 5.91 Å². The van der Waals surface area contributed by atoms with E-state index in [9.17, 15) is 9.90 Å². The van der Waals surface area contributed by atoms with Crippen LogP contribution in [0.4, 0.5) is 0 Å². The van der Waals surface area contributed by atoms with E-state index in [1.165, 1.54) is 11.8 Å². The number of aryl methyl sites for hydroxylation is 2. The van der Waals surface area contributed by atoms with Crippen molar-refractivity contribution in [2.75, 3.05) is 12.8 Å². The first-order chi connectivity index (χ1) is 9.52. The van der Waals surface area contributed by atoms with Crippen LogP contribution in [0, 0.1) is 19.8 Å². The second-order valence-corrected chi connectivity index (χ2v) is 6.00. The van der Waals surface area contributed by atoms with Gasteiger partial charge in [-0.25, -0.2) is 9.97 Å². The second kappa shape index (κ2) is 6.54. The van der Waals surface area contributed by atoms with Crippen LogP contribution >= 0.6 is 11.8 Å². The van der Waals surface area contributed by atoms with Gasteiger partial charge in [0, 0.05) is 12.5 Å². The van der Waals surface area contributed by atoms with Gasteiger partial charge in [0.1, 0.15) is 10.9 Å². The van der Waals surface area contributed by atoms with Crippen molar-refractivity contribution in [1.82, 2.24) is 15.3 Å². The topological polar surface area (TPSA) is 75.1 Å². The molecule has 1 aliphatic rings. The maximum Gasteiger partial charge on any atom is 0.255 e. The SMILES string of the molecule is CSc1nc(C)nc(C)c1C(=O)NCC1CCCC1O. The highest BCUT2D eigenvalue weighted by molar-refractivity contribution is 7.98. The summed E-state index contributed by atoms with van der Waals surface area (Å²) in [5.74, 6) is 0.698. The number of amides is 1. The molecule has 1 heterocycles. The lowest BCUT2D eigenvalue weighted by Gasteiger charge is -2.16. The Morgan fingerprint density at radius 2 is 2.15 bits per heavy atom. The van der Waals surface area contributed by atoms with E-state index in [0.717, 1.165) is 19.3 Å². The smallest absolute Gasteiger partial charge is 0.255 e. The lowest BCUT2D eigenvalue weighted by molar-refractivity contribution is 0.0912. The van der Waals surface area contributed by atoms with E-state index in [2.05, 4.69) is 15.3 Å². The third-order valence-corrected chi connectivity index (χ3v) is 4.41. The molecular weight excluding hydrogens is 274 g/mol. The molecule has 0 aliphatic heterocycles. The van der Waals surface area contributed by atoms with Crippen molar-refractivity contribution in [3.05, 3.63) is 17.1 Å². The molecule has 1 aliphatic carbocycles. The number of carbonyl (C=O) groups excluding carboxylic acids is 1. The molecule has 110 valence electrons. The average Bonchev–Trinajstić information content (AvgIpc) is 2.80. The Morgan fingerprint density at radius 1 is 1.40 bits per heavy atom. The van der Waals surface area contributed by atoms with E-state index in [1.807, 2.05) is 20.1 Å². The lowest BCUT2D eigenvalue weighted by Crippen LogP contribution is -2.33. The average molecular weight is 295 g/mol. The van der Waals surface area contributed by atoms with Crippen molar-refractivity contribution in [3.63, 3.8) is 0 Å². The van der Waals surface area contributed by atoms with Crippen molar-refractivity contribution in [2.45, 2.75) is 44.2 Å². The number of rotatable bonds is 4. The van der Waals surface area contributed by atoms with E-state index in [1.54, 1.807) is 0 Å². The van der Waals surface area contributed by atoms with Crippen molar-refractivity contribution in [2.24, 2.45) is 5.92 Å². The third-order valence-electron chi connectivity index (χ3n) is 3.73. The summed E-state index contributed by atoms with van der Waals surface area (Å²) in [6, 6.07) is 0. The van der Waals surface area contributed by atoms with Crippen molar-refractivity contribution in [1.29, 1.82) is 0 Å². The molecule has 2 unspecified atom stereocenters. The zero-order valence-corrected chi connectivity index (χ0v) is 13.0. The molecule has 1 fully saturated rings. The van der Waals surface area contributed by atoms with Crippen LogP contribution in [-0.4, -0.2) is 39.9 Å². The first-order valence-corrected chi connectivity index (χ1v) is 8.11. The highest BCUT2D eigenvalue weighted by Crippen LogP contribution is 2.25. The lowest BCUT2D eigenvalue weighted by atomic mass is 10.1. The van der Waals surface area contributed by atoms with Gasteiger partial charge in [0.2, 0.25) is 0 Å². The molecule has 0 saturated heterocycles. The molecule has 1 aromatic rings. The minimum Gasteiger partial charge on any atom is -0.393 e. The van der Waals surface area contributed by atoms with E-state index in [4.69, 9.17) is 0 Å². The molecule has 6 heteroatoms. The molecule has 2 rings (SSSR count). The molecule has 0 radical (unpaired) electrons. The molecule has 1 saturated carbocycles. The first kappa shape index (κ1) is 15.3. The molecule has 2 atom stereocenters. The maximum atomic E-state index is 12.3. The van der Waals surface area contributed by atoms with Gasteiger partial charge in [-0.15, -0.1) is 11.8 Å². The minimum atomic E-state index is -0.286. The molecule has 5 nitrogen and oxygen atoms in total. The van der Waals surface area contributed by atoms with E-state index < -0.39 is 0 Å². The van der Waals surface area contributed by atoms with Crippen LogP contribution in [0.1, 0.15) is 41.1 Å². The van der Waals surface area contributed by atoms with Crippen molar-refractivity contribution in [3.8, 4) is 0 Å². The zero-order valence-electron chi connectivity index (χ0n) is 12.1.